The molecule has 0 radical (unpaired) electrons. The highest BCUT2D eigenvalue weighted by atomic mass is 16.7. The van der Waals surface area contributed by atoms with Crippen molar-refractivity contribution in [2.45, 2.75) is 338 Å². The number of carbonyl (C=O) groups is 1. The average Bonchev–Trinajstić information content (AvgIpc) is 3.44. The largest absolute Gasteiger partial charge is 0.394 e. The lowest BCUT2D eigenvalue weighted by Crippen LogP contribution is -2.65. The molecule has 9 N–H and O–H groups in total. The summed E-state index contributed by atoms with van der Waals surface area (Å²) in [6, 6.07) is -0.919. The van der Waals surface area contributed by atoms with Crippen LogP contribution in [0.15, 0.2) is 36.5 Å². The molecule has 2 heterocycles. The van der Waals surface area contributed by atoms with Crippen molar-refractivity contribution >= 4 is 5.91 Å². The molecule has 77 heavy (non-hydrogen) atoms. The van der Waals surface area contributed by atoms with E-state index in [0.29, 0.717) is 6.42 Å². The van der Waals surface area contributed by atoms with Crippen LogP contribution < -0.4 is 5.32 Å². The summed E-state index contributed by atoms with van der Waals surface area (Å²) in [6.07, 6.45) is 43.2. The van der Waals surface area contributed by atoms with Gasteiger partial charge in [0.2, 0.25) is 5.91 Å². The standard InChI is InChI=1S/C63H117NO13/c1-3-5-7-9-11-13-15-17-19-21-23-24-25-26-27-28-29-30-32-34-36-38-40-42-44-46-52(67)51(64-55(68)47-45-43-41-39-37-35-33-31-22-20-18-16-14-12-10-8-6-4-2)50-74-62-60(73)58(71)61(54(49-66)76-62)77-63-59(72)57(70)56(69)53(48-65)75-63/h14,16,20,22,44,46,51-54,56-63,65-67,69-73H,3-13,15,17-19,21,23-43,45,47-50H2,1-2H3,(H,64,68)/b16-14-,22-20-,46-44+. The predicted molar refractivity (Wildman–Crippen MR) is 309 cm³/mol. The number of aliphatic hydroxyl groups excluding tert-OH is 8. The number of unbranched alkanes of at least 4 members (excludes halogenated alkanes) is 34. The second-order valence-corrected chi connectivity index (χ2v) is 22.5. The maximum Gasteiger partial charge on any atom is 0.220 e. The van der Waals surface area contributed by atoms with Crippen molar-refractivity contribution in [2.24, 2.45) is 0 Å². The third kappa shape index (κ3) is 34.3. The SMILES string of the molecule is CCCCCC/C=C\C/C=C\CCCCCCCCCC(=O)NC(COC1OC(CO)C(OC2OC(CO)C(O)C(O)C2O)C(O)C1O)C(O)/C=C/CCCCCCCCCCCCCCCCCCCCCCCCC. The minimum Gasteiger partial charge on any atom is -0.394 e. The lowest BCUT2D eigenvalue weighted by Gasteiger charge is -2.46. The predicted octanol–water partition coefficient (Wildman–Crippen LogP) is 11.4. The summed E-state index contributed by atoms with van der Waals surface area (Å²) in [6.45, 7) is 2.80. The molecule has 0 aromatic heterocycles. The van der Waals surface area contributed by atoms with Gasteiger partial charge in [-0.2, -0.15) is 0 Å². The number of carbonyl (C=O) groups excluding carboxylic acids is 1. The van der Waals surface area contributed by atoms with Crippen molar-refractivity contribution in [1.82, 2.24) is 5.32 Å². The molecule has 0 bridgehead atoms. The van der Waals surface area contributed by atoms with Crippen LogP contribution in [0.2, 0.25) is 0 Å². The zero-order valence-corrected chi connectivity index (χ0v) is 48.7. The fourth-order valence-corrected chi connectivity index (χ4v) is 10.4. The zero-order valence-electron chi connectivity index (χ0n) is 48.7. The first-order valence-electron chi connectivity index (χ1n) is 31.7. The normalized spacial score (nSPS) is 24.9. The molecule has 12 atom stereocenters. The summed E-state index contributed by atoms with van der Waals surface area (Å²) in [5, 5.41) is 87.2. The molecule has 2 aliphatic heterocycles. The summed E-state index contributed by atoms with van der Waals surface area (Å²) in [4.78, 5) is 13.3. The van der Waals surface area contributed by atoms with Crippen molar-refractivity contribution in [3.05, 3.63) is 36.5 Å². The van der Waals surface area contributed by atoms with E-state index in [1.807, 2.05) is 6.08 Å². The van der Waals surface area contributed by atoms with Crippen LogP contribution in [-0.2, 0) is 23.7 Å². The van der Waals surface area contributed by atoms with Crippen molar-refractivity contribution in [3.63, 3.8) is 0 Å². The highest BCUT2D eigenvalue weighted by Gasteiger charge is 2.51. The van der Waals surface area contributed by atoms with Gasteiger partial charge in [0.25, 0.3) is 0 Å². The van der Waals surface area contributed by atoms with Gasteiger partial charge in [0.1, 0.15) is 48.8 Å². The van der Waals surface area contributed by atoms with Gasteiger partial charge < -0.3 is 65.1 Å². The molecule has 1 amide bonds. The van der Waals surface area contributed by atoms with Gasteiger partial charge in [-0.3, -0.25) is 4.79 Å². The van der Waals surface area contributed by atoms with E-state index in [0.717, 1.165) is 57.8 Å². The molecule has 0 spiro atoms. The van der Waals surface area contributed by atoms with Crippen molar-refractivity contribution in [3.8, 4) is 0 Å². The maximum absolute atomic E-state index is 13.3. The molecule has 2 aliphatic rings. The molecule has 0 aliphatic carbocycles. The Labute approximate surface area is 468 Å². The summed E-state index contributed by atoms with van der Waals surface area (Å²) in [5.41, 5.74) is 0. The minimum absolute atomic E-state index is 0.245. The molecule has 14 heteroatoms. The molecule has 0 saturated carbocycles. The molecular weight excluding hydrogens is 979 g/mol. The third-order valence-electron chi connectivity index (χ3n) is 15.6. The van der Waals surface area contributed by atoms with Crippen LogP contribution >= 0.6 is 0 Å². The molecule has 452 valence electrons. The summed E-state index contributed by atoms with van der Waals surface area (Å²) >= 11 is 0. The Balaban J connectivity index is 1.74. The topological polar surface area (TPSA) is 228 Å². The van der Waals surface area contributed by atoms with Crippen molar-refractivity contribution < 1.29 is 64.6 Å². The first-order chi connectivity index (χ1) is 37.6. The Morgan fingerprint density at radius 3 is 1.31 bits per heavy atom. The van der Waals surface area contributed by atoms with Gasteiger partial charge in [-0.25, -0.2) is 0 Å². The van der Waals surface area contributed by atoms with Crippen LogP contribution in [0.1, 0.15) is 264 Å². The maximum atomic E-state index is 13.3. The fourth-order valence-electron chi connectivity index (χ4n) is 10.4. The fraction of sp³-hybridized carbons (Fsp3) is 0.889. The smallest absolute Gasteiger partial charge is 0.220 e. The lowest BCUT2D eigenvalue weighted by atomic mass is 9.97. The highest BCUT2D eigenvalue weighted by molar-refractivity contribution is 5.76. The average molecular weight is 1100 g/mol. The number of amides is 1. The Kier molecular flexibility index (Phi) is 45.3. The van der Waals surface area contributed by atoms with Crippen LogP contribution in [0, 0.1) is 0 Å². The molecule has 2 fully saturated rings. The Morgan fingerprint density at radius 2 is 0.857 bits per heavy atom. The van der Waals surface area contributed by atoms with Crippen LogP contribution in [0.4, 0.5) is 0 Å². The quantitative estimate of drug-likeness (QED) is 0.0204. The van der Waals surface area contributed by atoms with E-state index in [-0.39, 0.29) is 18.9 Å². The summed E-state index contributed by atoms with van der Waals surface area (Å²) in [7, 11) is 0. The third-order valence-corrected chi connectivity index (χ3v) is 15.6. The Bertz CT molecular complexity index is 1430. The van der Waals surface area contributed by atoms with E-state index in [2.05, 4.69) is 43.5 Å². The van der Waals surface area contributed by atoms with Gasteiger partial charge in [0.05, 0.1) is 32.0 Å². The number of aliphatic hydroxyl groups is 8. The van der Waals surface area contributed by atoms with Crippen LogP contribution in [0.5, 0.6) is 0 Å². The van der Waals surface area contributed by atoms with Gasteiger partial charge in [-0.05, 0) is 51.4 Å². The Morgan fingerprint density at radius 1 is 0.468 bits per heavy atom. The van der Waals surface area contributed by atoms with Gasteiger partial charge in [0, 0.05) is 6.42 Å². The van der Waals surface area contributed by atoms with Crippen molar-refractivity contribution in [2.75, 3.05) is 19.8 Å². The second-order valence-electron chi connectivity index (χ2n) is 22.5. The first kappa shape index (κ1) is 71.3. The number of allylic oxidation sites excluding steroid dienone is 5. The molecule has 2 saturated heterocycles. The number of nitrogens with one attached hydrogen (secondary N) is 1. The Hall–Kier alpha value is -1.79. The van der Waals surface area contributed by atoms with E-state index in [1.54, 1.807) is 6.08 Å². The monoisotopic (exact) mass is 1100 g/mol. The summed E-state index contributed by atoms with van der Waals surface area (Å²) < 4.78 is 22.8. The van der Waals surface area contributed by atoms with E-state index >= 15 is 0 Å². The molecular formula is C63H117NO13. The lowest BCUT2D eigenvalue weighted by molar-refractivity contribution is -0.359. The number of rotatable bonds is 51. The van der Waals surface area contributed by atoms with Crippen LogP contribution in [0.3, 0.4) is 0 Å². The van der Waals surface area contributed by atoms with Crippen LogP contribution in [-0.4, -0.2) is 140 Å². The van der Waals surface area contributed by atoms with E-state index < -0.39 is 86.8 Å². The molecule has 0 aromatic carbocycles. The van der Waals surface area contributed by atoms with Crippen molar-refractivity contribution in [1.29, 1.82) is 0 Å². The van der Waals surface area contributed by atoms with E-state index in [4.69, 9.17) is 18.9 Å². The van der Waals surface area contributed by atoms with Gasteiger partial charge >= 0.3 is 0 Å². The zero-order chi connectivity index (χ0) is 56.0. The number of hydrogen-bond acceptors (Lipinski definition) is 13. The minimum atomic E-state index is -1.79. The summed E-state index contributed by atoms with van der Waals surface area (Å²) in [5.74, 6) is -0.245. The number of hydrogen-bond donors (Lipinski definition) is 9. The van der Waals surface area contributed by atoms with Gasteiger partial charge in [0.15, 0.2) is 12.6 Å². The highest BCUT2D eigenvalue weighted by Crippen LogP contribution is 2.30. The van der Waals surface area contributed by atoms with E-state index in [9.17, 15) is 45.6 Å². The first-order valence-corrected chi connectivity index (χ1v) is 31.7. The second kappa shape index (κ2) is 48.9. The molecule has 0 aromatic rings. The molecule has 2 rings (SSSR count). The van der Waals surface area contributed by atoms with Gasteiger partial charge in [-0.15, -0.1) is 0 Å². The van der Waals surface area contributed by atoms with E-state index in [1.165, 1.54) is 180 Å². The van der Waals surface area contributed by atoms with Crippen LogP contribution in [0.25, 0.3) is 0 Å². The van der Waals surface area contributed by atoms with Gasteiger partial charge in [-0.1, -0.05) is 243 Å². The molecule has 14 nitrogen and oxygen atoms in total. The number of ether oxygens (including phenoxy) is 4. The molecule has 12 unspecified atom stereocenters.